The maximum atomic E-state index is 5.41. The summed E-state index contributed by atoms with van der Waals surface area (Å²) in [6.07, 6.45) is 1.69. The van der Waals surface area contributed by atoms with E-state index in [1.165, 1.54) is 0 Å². The predicted octanol–water partition coefficient (Wildman–Crippen LogP) is 2.02. The van der Waals surface area contributed by atoms with Gasteiger partial charge in [0.15, 0.2) is 11.8 Å². The van der Waals surface area contributed by atoms with Crippen LogP contribution in [0, 0.1) is 0 Å². The summed E-state index contributed by atoms with van der Waals surface area (Å²) in [6.45, 7) is 14.5. The summed E-state index contributed by atoms with van der Waals surface area (Å²) in [5.74, 6) is 2.64. The molecule has 156 valence electrons. The third-order valence-corrected chi connectivity index (χ3v) is 4.39. The molecule has 1 aromatic heterocycles. The monoisotopic (exact) mass is 494 g/mol. The second-order valence-corrected chi connectivity index (χ2v) is 6.95. The van der Waals surface area contributed by atoms with Gasteiger partial charge in [-0.2, -0.15) is 4.98 Å². The SMILES string of the molecule is CCNC(=NCC(C)N1CCOCC1)NCCCc1nc(C(C)C)no1.I. The second kappa shape index (κ2) is 13.3. The number of guanidine groups is 1. The molecule has 1 saturated heterocycles. The molecule has 0 aliphatic carbocycles. The van der Waals surface area contributed by atoms with Gasteiger partial charge in [-0.1, -0.05) is 19.0 Å². The van der Waals surface area contributed by atoms with Crippen LogP contribution in [0.4, 0.5) is 0 Å². The van der Waals surface area contributed by atoms with Crippen molar-refractivity contribution in [1.82, 2.24) is 25.7 Å². The van der Waals surface area contributed by atoms with Crippen molar-refractivity contribution in [2.45, 2.75) is 52.5 Å². The summed E-state index contributed by atoms with van der Waals surface area (Å²) in [5.41, 5.74) is 0. The second-order valence-electron chi connectivity index (χ2n) is 6.95. The zero-order chi connectivity index (χ0) is 18.8. The number of aromatic nitrogens is 2. The molecule has 0 saturated carbocycles. The first kappa shape index (κ1) is 24.1. The highest BCUT2D eigenvalue weighted by molar-refractivity contribution is 14.0. The Morgan fingerprint density at radius 1 is 1.22 bits per heavy atom. The summed E-state index contributed by atoms with van der Waals surface area (Å²) in [7, 11) is 0. The van der Waals surface area contributed by atoms with E-state index in [0.717, 1.165) is 70.6 Å². The van der Waals surface area contributed by atoms with Crippen LogP contribution >= 0.6 is 24.0 Å². The van der Waals surface area contributed by atoms with E-state index in [2.05, 4.69) is 53.4 Å². The molecular formula is C18H35IN6O2. The summed E-state index contributed by atoms with van der Waals surface area (Å²) >= 11 is 0. The van der Waals surface area contributed by atoms with Crippen molar-refractivity contribution < 1.29 is 9.26 Å². The van der Waals surface area contributed by atoms with Crippen molar-refractivity contribution in [2.75, 3.05) is 45.9 Å². The third-order valence-electron chi connectivity index (χ3n) is 4.39. The molecule has 0 spiro atoms. The molecule has 1 fully saturated rings. The fourth-order valence-corrected chi connectivity index (χ4v) is 2.75. The molecule has 0 amide bonds. The quantitative estimate of drug-likeness (QED) is 0.235. The minimum Gasteiger partial charge on any atom is -0.379 e. The van der Waals surface area contributed by atoms with Gasteiger partial charge in [0.05, 0.1) is 19.8 Å². The van der Waals surface area contributed by atoms with Gasteiger partial charge in [0.25, 0.3) is 0 Å². The molecule has 2 N–H and O–H groups in total. The van der Waals surface area contributed by atoms with E-state index in [-0.39, 0.29) is 24.0 Å². The molecular weight excluding hydrogens is 459 g/mol. The lowest BCUT2D eigenvalue weighted by Crippen LogP contribution is -2.44. The molecule has 0 aromatic carbocycles. The number of halogens is 1. The zero-order valence-corrected chi connectivity index (χ0v) is 19.4. The Hall–Kier alpha value is -0.940. The molecule has 0 radical (unpaired) electrons. The van der Waals surface area contributed by atoms with Crippen LogP contribution in [-0.4, -0.2) is 73.0 Å². The van der Waals surface area contributed by atoms with Gasteiger partial charge >= 0.3 is 0 Å². The Bertz CT molecular complexity index is 546. The molecule has 2 heterocycles. The Morgan fingerprint density at radius 2 is 1.96 bits per heavy atom. The van der Waals surface area contributed by atoms with E-state index in [1.807, 2.05) is 0 Å². The Morgan fingerprint density at radius 3 is 2.59 bits per heavy atom. The van der Waals surface area contributed by atoms with Gasteiger partial charge in [0, 0.05) is 44.6 Å². The maximum Gasteiger partial charge on any atom is 0.226 e. The van der Waals surface area contributed by atoms with Crippen molar-refractivity contribution in [3.8, 4) is 0 Å². The molecule has 0 bridgehead atoms. The molecule has 1 aliphatic heterocycles. The Labute approximate surface area is 179 Å². The van der Waals surface area contributed by atoms with Crippen LogP contribution in [0.3, 0.4) is 0 Å². The molecule has 1 aliphatic rings. The van der Waals surface area contributed by atoms with Crippen molar-refractivity contribution >= 4 is 29.9 Å². The van der Waals surface area contributed by atoms with Gasteiger partial charge in [-0.25, -0.2) is 0 Å². The predicted molar refractivity (Wildman–Crippen MR) is 118 cm³/mol. The molecule has 1 atom stereocenters. The number of ether oxygens (including phenoxy) is 1. The van der Waals surface area contributed by atoms with E-state index in [4.69, 9.17) is 14.3 Å². The van der Waals surface area contributed by atoms with E-state index in [1.54, 1.807) is 0 Å². The van der Waals surface area contributed by atoms with Crippen LogP contribution in [0.25, 0.3) is 0 Å². The largest absolute Gasteiger partial charge is 0.379 e. The Balaban J connectivity index is 0.00000364. The van der Waals surface area contributed by atoms with Crippen molar-refractivity contribution in [2.24, 2.45) is 4.99 Å². The fraction of sp³-hybridized carbons (Fsp3) is 0.833. The molecule has 2 rings (SSSR count). The van der Waals surface area contributed by atoms with E-state index in [0.29, 0.717) is 17.9 Å². The first-order valence-electron chi connectivity index (χ1n) is 9.76. The van der Waals surface area contributed by atoms with Gasteiger partial charge in [-0.3, -0.25) is 9.89 Å². The summed E-state index contributed by atoms with van der Waals surface area (Å²) in [5, 5.41) is 10.7. The fourth-order valence-electron chi connectivity index (χ4n) is 2.75. The van der Waals surface area contributed by atoms with Crippen molar-refractivity contribution in [3.05, 3.63) is 11.7 Å². The van der Waals surface area contributed by atoms with Crippen molar-refractivity contribution in [3.63, 3.8) is 0 Å². The topological polar surface area (TPSA) is 87.8 Å². The number of aliphatic imine (C=N–C) groups is 1. The van der Waals surface area contributed by atoms with Crippen LogP contribution < -0.4 is 10.6 Å². The third kappa shape index (κ3) is 8.73. The molecule has 1 unspecified atom stereocenters. The summed E-state index contributed by atoms with van der Waals surface area (Å²) in [6, 6.07) is 0.419. The van der Waals surface area contributed by atoms with Crippen LogP contribution in [0.5, 0.6) is 0 Å². The number of nitrogens with zero attached hydrogens (tertiary/aromatic N) is 4. The average Bonchev–Trinajstić information content (AvgIpc) is 3.13. The zero-order valence-electron chi connectivity index (χ0n) is 17.0. The number of nitrogens with one attached hydrogen (secondary N) is 2. The lowest BCUT2D eigenvalue weighted by molar-refractivity contribution is 0.0220. The van der Waals surface area contributed by atoms with Gasteiger partial charge in [-0.05, 0) is 20.3 Å². The highest BCUT2D eigenvalue weighted by Gasteiger charge is 2.16. The molecule has 27 heavy (non-hydrogen) atoms. The van der Waals surface area contributed by atoms with Crippen LogP contribution in [0.15, 0.2) is 9.52 Å². The smallest absolute Gasteiger partial charge is 0.226 e. The van der Waals surface area contributed by atoms with Crippen molar-refractivity contribution in [1.29, 1.82) is 0 Å². The minimum atomic E-state index is 0. The maximum absolute atomic E-state index is 5.41. The lowest BCUT2D eigenvalue weighted by atomic mass is 10.2. The average molecular weight is 494 g/mol. The van der Waals surface area contributed by atoms with Crippen LogP contribution in [0.1, 0.15) is 51.7 Å². The number of hydrogen-bond acceptors (Lipinski definition) is 6. The number of hydrogen-bond donors (Lipinski definition) is 2. The summed E-state index contributed by atoms with van der Waals surface area (Å²) < 4.78 is 10.7. The first-order valence-corrected chi connectivity index (χ1v) is 9.76. The highest BCUT2D eigenvalue weighted by atomic mass is 127. The minimum absolute atomic E-state index is 0. The number of morpholine rings is 1. The van der Waals surface area contributed by atoms with E-state index >= 15 is 0 Å². The van der Waals surface area contributed by atoms with Gasteiger partial charge in [-0.15, -0.1) is 24.0 Å². The first-order chi connectivity index (χ1) is 12.6. The molecule has 1 aromatic rings. The molecule has 9 heteroatoms. The number of rotatable bonds is 9. The Kier molecular flexibility index (Phi) is 11.8. The lowest BCUT2D eigenvalue weighted by Gasteiger charge is -2.31. The normalized spacial score (nSPS) is 16.9. The van der Waals surface area contributed by atoms with Crippen LogP contribution in [-0.2, 0) is 11.2 Å². The van der Waals surface area contributed by atoms with E-state index < -0.39 is 0 Å². The van der Waals surface area contributed by atoms with Gasteiger partial charge in [0.1, 0.15) is 0 Å². The van der Waals surface area contributed by atoms with Gasteiger partial charge < -0.3 is 19.9 Å². The standard InChI is InChI=1S/C18H34N6O2.HI/c1-5-19-18(21-13-15(4)24-9-11-25-12-10-24)20-8-6-7-16-22-17(14(2)3)23-26-16;/h14-15H,5-13H2,1-4H3,(H2,19,20,21);1H. The summed E-state index contributed by atoms with van der Waals surface area (Å²) in [4.78, 5) is 11.6. The number of aryl methyl sites for hydroxylation is 1. The highest BCUT2D eigenvalue weighted by Crippen LogP contribution is 2.10. The van der Waals surface area contributed by atoms with Gasteiger partial charge in [0.2, 0.25) is 5.89 Å². The van der Waals surface area contributed by atoms with E-state index in [9.17, 15) is 0 Å². The molecule has 8 nitrogen and oxygen atoms in total. The van der Waals surface area contributed by atoms with Crippen LogP contribution in [0.2, 0.25) is 0 Å².